The molecule has 0 N–H and O–H groups in total. The first kappa shape index (κ1) is 8.52. The van der Waals surface area contributed by atoms with Crippen molar-refractivity contribution in [2.45, 2.75) is 38.8 Å². The van der Waals surface area contributed by atoms with Crippen molar-refractivity contribution in [2.24, 2.45) is 5.92 Å². The quantitative estimate of drug-likeness (QED) is 0.621. The Labute approximate surface area is 74.9 Å². The van der Waals surface area contributed by atoms with Gasteiger partial charge < -0.3 is 4.74 Å². The van der Waals surface area contributed by atoms with Gasteiger partial charge in [0.25, 0.3) is 0 Å². The maximum absolute atomic E-state index is 5.53. The number of ether oxygens (including phenoxy) is 1. The Hall–Kier alpha value is -0.0800. The normalized spacial score (nSPS) is 36.2. The van der Waals surface area contributed by atoms with E-state index in [4.69, 9.17) is 4.74 Å². The van der Waals surface area contributed by atoms with Gasteiger partial charge in [0.05, 0.1) is 13.2 Å². The molecule has 0 amide bonds. The van der Waals surface area contributed by atoms with Crippen LogP contribution < -0.4 is 0 Å². The fraction of sp³-hybridized carbons (Fsp3) is 1.00. The molecule has 0 aromatic carbocycles. The van der Waals surface area contributed by atoms with E-state index in [0.29, 0.717) is 0 Å². The van der Waals surface area contributed by atoms with Gasteiger partial charge in [-0.3, -0.25) is 4.90 Å². The van der Waals surface area contributed by atoms with Gasteiger partial charge in [-0.1, -0.05) is 13.8 Å². The molecule has 2 bridgehead atoms. The van der Waals surface area contributed by atoms with Gasteiger partial charge in [-0.25, -0.2) is 0 Å². The number of nitrogens with zero attached hydrogens (tertiary/aromatic N) is 1. The summed E-state index contributed by atoms with van der Waals surface area (Å²) in [6.45, 7) is 7.81. The number of morpholine rings is 1. The van der Waals surface area contributed by atoms with Crippen molar-refractivity contribution in [3.05, 3.63) is 0 Å². The molecule has 2 saturated heterocycles. The highest BCUT2D eigenvalue weighted by Crippen LogP contribution is 2.29. The third-order valence-corrected chi connectivity index (χ3v) is 2.97. The molecule has 0 spiro atoms. The van der Waals surface area contributed by atoms with E-state index in [-0.39, 0.29) is 0 Å². The van der Waals surface area contributed by atoms with Crippen LogP contribution >= 0.6 is 0 Å². The molecule has 0 radical (unpaired) electrons. The van der Waals surface area contributed by atoms with Crippen molar-refractivity contribution in [2.75, 3.05) is 19.8 Å². The second-order valence-corrected chi connectivity index (χ2v) is 4.51. The third-order valence-electron chi connectivity index (χ3n) is 2.97. The van der Waals surface area contributed by atoms with Gasteiger partial charge in [-0.15, -0.1) is 0 Å². The van der Waals surface area contributed by atoms with Crippen LogP contribution in [0.1, 0.15) is 26.7 Å². The molecule has 2 aliphatic rings. The Bertz CT molecular complexity index is 142. The van der Waals surface area contributed by atoms with Crippen molar-refractivity contribution in [1.29, 1.82) is 0 Å². The summed E-state index contributed by atoms with van der Waals surface area (Å²) in [4.78, 5) is 2.66. The van der Waals surface area contributed by atoms with Gasteiger partial charge in [-0.2, -0.15) is 0 Å². The zero-order chi connectivity index (χ0) is 8.55. The Morgan fingerprint density at radius 2 is 1.83 bits per heavy atom. The van der Waals surface area contributed by atoms with E-state index in [2.05, 4.69) is 18.7 Å². The molecular formula is C10H19NO. The van der Waals surface area contributed by atoms with Crippen LogP contribution in [0.2, 0.25) is 0 Å². The molecule has 12 heavy (non-hydrogen) atoms. The Morgan fingerprint density at radius 3 is 2.33 bits per heavy atom. The molecule has 2 aliphatic heterocycles. The monoisotopic (exact) mass is 169 g/mol. The van der Waals surface area contributed by atoms with E-state index < -0.39 is 0 Å². The van der Waals surface area contributed by atoms with Crippen LogP contribution in [0.4, 0.5) is 0 Å². The minimum Gasteiger partial charge on any atom is -0.378 e. The molecule has 2 nitrogen and oxygen atoms in total. The Balaban J connectivity index is 1.96. The standard InChI is InChI=1S/C10H19NO/c1-8(2)5-11-9-3-4-10(11)7-12-6-9/h8-10H,3-7H2,1-2H3. The highest BCUT2D eigenvalue weighted by atomic mass is 16.5. The lowest BCUT2D eigenvalue weighted by Crippen LogP contribution is -2.47. The number of fused-ring (bicyclic) bond motifs is 2. The van der Waals surface area contributed by atoms with E-state index in [9.17, 15) is 0 Å². The average molecular weight is 169 g/mol. The van der Waals surface area contributed by atoms with Crippen LogP contribution in [0.5, 0.6) is 0 Å². The van der Waals surface area contributed by atoms with Gasteiger partial charge in [0.2, 0.25) is 0 Å². The summed E-state index contributed by atoms with van der Waals surface area (Å²) in [5, 5.41) is 0. The largest absolute Gasteiger partial charge is 0.378 e. The molecule has 0 aliphatic carbocycles. The zero-order valence-corrected chi connectivity index (χ0v) is 8.12. The molecule has 2 fully saturated rings. The second kappa shape index (κ2) is 3.35. The highest BCUT2D eigenvalue weighted by Gasteiger charge is 2.36. The smallest absolute Gasteiger partial charge is 0.0622 e. The van der Waals surface area contributed by atoms with Crippen molar-refractivity contribution >= 4 is 0 Å². The van der Waals surface area contributed by atoms with E-state index in [1.807, 2.05) is 0 Å². The summed E-state index contributed by atoms with van der Waals surface area (Å²) < 4.78 is 5.53. The molecule has 0 aromatic rings. The first-order valence-corrected chi connectivity index (χ1v) is 5.11. The lowest BCUT2D eigenvalue weighted by molar-refractivity contribution is -0.0193. The van der Waals surface area contributed by atoms with Crippen LogP contribution in [0, 0.1) is 5.92 Å². The van der Waals surface area contributed by atoms with Gasteiger partial charge in [0.1, 0.15) is 0 Å². The minimum absolute atomic E-state index is 0.742. The van der Waals surface area contributed by atoms with Crippen molar-refractivity contribution in [1.82, 2.24) is 4.90 Å². The topological polar surface area (TPSA) is 12.5 Å². The molecule has 2 heteroatoms. The predicted octanol–water partition coefficient (Wildman–Crippen LogP) is 1.51. The molecule has 2 rings (SSSR count). The predicted molar refractivity (Wildman–Crippen MR) is 49.2 cm³/mol. The maximum Gasteiger partial charge on any atom is 0.0622 e. The first-order valence-electron chi connectivity index (χ1n) is 5.11. The second-order valence-electron chi connectivity index (χ2n) is 4.51. The molecule has 2 heterocycles. The van der Waals surface area contributed by atoms with Crippen molar-refractivity contribution in [3.63, 3.8) is 0 Å². The lowest BCUT2D eigenvalue weighted by Gasteiger charge is -2.35. The molecule has 2 unspecified atom stereocenters. The van der Waals surface area contributed by atoms with Crippen molar-refractivity contribution < 1.29 is 4.74 Å². The first-order chi connectivity index (χ1) is 5.77. The van der Waals surface area contributed by atoms with Crippen molar-refractivity contribution in [3.8, 4) is 0 Å². The maximum atomic E-state index is 5.53. The SMILES string of the molecule is CC(C)CN1C2CCC1COC2. The van der Waals surface area contributed by atoms with Crippen LogP contribution in [0.15, 0.2) is 0 Å². The summed E-state index contributed by atoms with van der Waals surface area (Å²) in [5.41, 5.74) is 0. The summed E-state index contributed by atoms with van der Waals surface area (Å²) in [7, 11) is 0. The van der Waals surface area contributed by atoms with E-state index in [1.165, 1.54) is 19.4 Å². The van der Waals surface area contributed by atoms with Gasteiger partial charge in [0, 0.05) is 18.6 Å². The highest BCUT2D eigenvalue weighted by molar-refractivity contribution is 4.90. The molecule has 0 aromatic heterocycles. The Kier molecular flexibility index (Phi) is 2.37. The fourth-order valence-electron chi connectivity index (χ4n) is 2.43. The molecule has 2 atom stereocenters. The van der Waals surface area contributed by atoms with Gasteiger partial charge in [-0.05, 0) is 18.8 Å². The van der Waals surface area contributed by atoms with E-state index in [1.54, 1.807) is 0 Å². The number of hydrogen-bond donors (Lipinski definition) is 0. The fourth-order valence-corrected chi connectivity index (χ4v) is 2.43. The summed E-state index contributed by atoms with van der Waals surface area (Å²) in [5.74, 6) is 0.797. The average Bonchev–Trinajstić information content (AvgIpc) is 2.30. The molecular weight excluding hydrogens is 150 g/mol. The van der Waals surface area contributed by atoms with Gasteiger partial charge in [0.15, 0.2) is 0 Å². The molecule has 70 valence electrons. The van der Waals surface area contributed by atoms with E-state index >= 15 is 0 Å². The van der Waals surface area contributed by atoms with Gasteiger partial charge >= 0.3 is 0 Å². The van der Waals surface area contributed by atoms with Crippen LogP contribution in [0.25, 0.3) is 0 Å². The third kappa shape index (κ3) is 1.50. The number of hydrogen-bond acceptors (Lipinski definition) is 2. The zero-order valence-electron chi connectivity index (χ0n) is 8.12. The van der Waals surface area contributed by atoms with Crippen LogP contribution in [-0.4, -0.2) is 36.7 Å². The molecule has 0 saturated carbocycles. The van der Waals surface area contributed by atoms with Crippen LogP contribution in [0.3, 0.4) is 0 Å². The summed E-state index contributed by atoms with van der Waals surface area (Å²) in [6.07, 6.45) is 2.72. The van der Waals surface area contributed by atoms with Crippen LogP contribution in [-0.2, 0) is 4.74 Å². The van der Waals surface area contributed by atoms with E-state index in [0.717, 1.165) is 31.2 Å². The minimum atomic E-state index is 0.742. The Morgan fingerprint density at radius 1 is 1.25 bits per heavy atom. The summed E-state index contributed by atoms with van der Waals surface area (Å²) in [6, 6.07) is 1.48. The number of rotatable bonds is 2. The summed E-state index contributed by atoms with van der Waals surface area (Å²) >= 11 is 0. The lowest BCUT2D eigenvalue weighted by atomic mass is 10.1.